The van der Waals surface area contributed by atoms with Gasteiger partial charge in [-0.15, -0.1) is 0 Å². The van der Waals surface area contributed by atoms with Gasteiger partial charge < -0.3 is 20.9 Å². The van der Waals surface area contributed by atoms with E-state index in [-0.39, 0.29) is 18.4 Å². The van der Waals surface area contributed by atoms with Crippen LogP contribution in [0.2, 0.25) is 0 Å². The lowest BCUT2D eigenvalue weighted by Gasteiger charge is -2.14. The predicted octanol–water partition coefficient (Wildman–Crippen LogP) is 2.04. The van der Waals surface area contributed by atoms with E-state index in [1.807, 2.05) is 0 Å². The van der Waals surface area contributed by atoms with E-state index in [4.69, 9.17) is 21.0 Å². The maximum atomic E-state index is 12.1. The van der Waals surface area contributed by atoms with E-state index in [1.165, 1.54) is 4.90 Å². The number of carboxylic acid groups (broad SMARTS) is 1. The van der Waals surface area contributed by atoms with Crippen LogP contribution >= 0.6 is 0 Å². The highest BCUT2D eigenvalue weighted by Gasteiger charge is 2.32. The lowest BCUT2D eigenvalue weighted by atomic mass is 10.1. The first kappa shape index (κ1) is 18.2. The van der Waals surface area contributed by atoms with Gasteiger partial charge in [-0.3, -0.25) is 15.1 Å². The van der Waals surface area contributed by atoms with Crippen LogP contribution in [0.15, 0.2) is 48.5 Å². The maximum absolute atomic E-state index is 12.1. The molecule has 5 N–H and O–H groups in total. The van der Waals surface area contributed by atoms with Crippen molar-refractivity contribution in [2.45, 2.75) is 12.5 Å². The van der Waals surface area contributed by atoms with Gasteiger partial charge in [0.25, 0.3) is 0 Å². The minimum Gasteiger partial charge on any atom is -0.481 e. The number of anilines is 2. The molecule has 1 unspecified atom stereocenters. The molecule has 2 aromatic rings. The van der Waals surface area contributed by atoms with E-state index >= 15 is 0 Å². The van der Waals surface area contributed by atoms with E-state index in [9.17, 15) is 9.59 Å². The number of aliphatic carboxylic acids is 1. The third-order valence-electron chi connectivity index (χ3n) is 4.21. The number of cyclic esters (lactones) is 1. The Morgan fingerprint density at radius 1 is 1.22 bits per heavy atom. The second kappa shape index (κ2) is 7.77. The second-order valence-electron chi connectivity index (χ2n) is 6.23. The first-order valence-corrected chi connectivity index (χ1v) is 8.39. The zero-order valence-electron chi connectivity index (χ0n) is 14.5. The number of hydrogen-bond acceptors (Lipinski definition) is 5. The molecule has 140 valence electrons. The minimum atomic E-state index is -0.870. The SMILES string of the molecule is N=C(N)c1ccc(N2CC(CNc3ccc(CC(=O)O)cc3)OC2=O)cc1. The summed E-state index contributed by atoms with van der Waals surface area (Å²) in [6, 6.07) is 13.9. The van der Waals surface area contributed by atoms with Gasteiger partial charge in [-0.1, -0.05) is 12.1 Å². The second-order valence-corrected chi connectivity index (χ2v) is 6.23. The summed E-state index contributed by atoms with van der Waals surface area (Å²) < 4.78 is 5.38. The van der Waals surface area contributed by atoms with Gasteiger partial charge in [0, 0.05) is 16.9 Å². The molecule has 0 spiro atoms. The van der Waals surface area contributed by atoms with Gasteiger partial charge in [0.1, 0.15) is 11.9 Å². The van der Waals surface area contributed by atoms with Crippen LogP contribution in [0.4, 0.5) is 16.2 Å². The van der Waals surface area contributed by atoms with Crippen molar-refractivity contribution in [3.05, 3.63) is 59.7 Å². The van der Waals surface area contributed by atoms with E-state index in [0.29, 0.717) is 24.3 Å². The van der Waals surface area contributed by atoms with Crippen LogP contribution in [0.5, 0.6) is 0 Å². The molecule has 27 heavy (non-hydrogen) atoms. The van der Waals surface area contributed by atoms with Crippen LogP contribution in [0, 0.1) is 5.41 Å². The number of carboxylic acids is 1. The maximum Gasteiger partial charge on any atom is 0.414 e. The van der Waals surface area contributed by atoms with Crippen molar-refractivity contribution in [2.24, 2.45) is 5.73 Å². The van der Waals surface area contributed by atoms with Crippen LogP contribution in [0.25, 0.3) is 0 Å². The number of amidine groups is 1. The molecule has 8 heteroatoms. The number of carbonyl (C=O) groups is 2. The summed E-state index contributed by atoms with van der Waals surface area (Å²) in [7, 11) is 0. The van der Waals surface area contributed by atoms with Crippen LogP contribution in [0.1, 0.15) is 11.1 Å². The van der Waals surface area contributed by atoms with Gasteiger partial charge >= 0.3 is 12.1 Å². The summed E-state index contributed by atoms with van der Waals surface area (Å²) in [5.74, 6) is -0.896. The molecule has 0 saturated carbocycles. The molecular weight excluding hydrogens is 348 g/mol. The van der Waals surface area contributed by atoms with Gasteiger partial charge in [0.15, 0.2) is 0 Å². The highest BCUT2D eigenvalue weighted by Crippen LogP contribution is 2.22. The molecule has 1 fully saturated rings. The van der Waals surface area contributed by atoms with Crippen LogP contribution in [-0.4, -0.2) is 42.2 Å². The minimum absolute atomic E-state index is 0.0160. The Morgan fingerprint density at radius 2 is 1.89 bits per heavy atom. The van der Waals surface area contributed by atoms with E-state index in [2.05, 4.69) is 5.32 Å². The summed E-state index contributed by atoms with van der Waals surface area (Å²) in [6.07, 6.45) is -0.754. The molecule has 1 heterocycles. The molecule has 1 aliphatic heterocycles. The van der Waals surface area contributed by atoms with Gasteiger partial charge in [0.2, 0.25) is 0 Å². The standard InChI is InChI=1S/C19H20N4O4/c20-18(21)13-3-7-15(8-4-13)23-11-16(27-19(23)26)10-22-14-5-1-12(2-6-14)9-17(24)25/h1-8,16,22H,9-11H2,(H3,20,21)(H,24,25). The average Bonchev–Trinajstić information content (AvgIpc) is 3.01. The summed E-state index contributed by atoms with van der Waals surface area (Å²) >= 11 is 0. The Hall–Kier alpha value is -3.55. The first-order valence-electron chi connectivity index (χ1n) is 8.39. The third-order valence-corrected chi connectivity index (χ3v) is 4.21. The van der Waals surface area contributed by atoms with Crippen molar-refractivity contribution in [1.82, 2.24) is 0 Å². The van der Waals surface area contributed by atoms with Crippen molar-refractivity contribution >= 4 is 29.3 Å². The van der Waals surface area contributed by atoms with Crippen molar-refractivity contribution in [1.29, 1.82) is 5.41 Å². The number of rotatable bonds is 7. The molecule has 1 amide bonds. The molecule has 0 radical (unpaired) electrons. The molecule has 3 rings (SSSR count). The first-order chi connectivity index (χ1) is 12.9. The van der Waals surface area contributed by atoms with Gasteiger partial charge in [-0.05, 0) is 42.0 Å². The number of amides is 1. The average molecular weight is 368 g/mol. The lowest BCUT2D eigenvalue weighted by Crippen LogP contribution is -2.27. The molecule has 1 atom stereocenters. The number of benzene rings is 2. The lowest BCUT2D eigenvalue weighted by molar-refractivity contribution is -0.136. The number of carbonyl (C=O) groups excluding carboxylic acids is 1. The Kier molecular flexibility index (Phi) is 5.25. The monoisotopic (exact) mass is 368 g/mol. The fourth-order valence-electron chi connectivity index (χ4n) is 2.81. The van der Waals surface area contributed by atoms with E-state index in [0.717, 1.165) is 11.3 Å². The summed E-state index contributed by atoms with van der Waals surface area (Å²) in [4.78, 5) is 24.3. The zero-order valence-corrected chi connectivity index (χ0v) is 14.5. The summed E-state index contributed by atoms with van der Waals surface area (Å²) in [6.45, 7) is 0.842. The number of ether oxygens (including phenoxy) is 1. The summed E-state index contributed by atoms with van der Waals surface area (Å²) in [5, 5.41) is 19.4. The molecule has 0 aromatic heterocycles. The van der Waals surface area contributed by atoms with Crippen molar-refractivity contribution < 1.29 is 19.4 Å². The van der Waals surface area contributed by atoms with E-state index in [1.54, 1.807) is 48.5 Å². The molecular formula is C19H20N4O4. The Balaban J connectivity index is 1.56. The van der Waals surface area contributed by atoms with Crippen LogP contribution in [-0.2, 0) is 16.0 Å². The third kappa shape index (κ3) is 4.55. The zero-order chi connectivity index (χ0) is 19.4. The smallest absolute Gasteiger partial charge is 0.414 e. The summed E-state index contributed by atoms with van der Waals surface area (Å²) in [5.41, 5.74) is 8.26. The van der Waals surface area contributed by atoms with Crippen molar-refractivity contribution in [3.63, 3.8) is 0 Å². The van der Waals surface area contributed by atoms with Gasteiger partial charge in [-0.2, -0.15) is 0 Å². The quantitative estimate of drug-likeness (QED) is 0.437. The molecule has 0 bridgehead atoms. The van der Waals surface area contributed by atoms with Crippen LogP contribution in [0.3, 0.4) is 0 Å². The predicted molar refractivity (Wildman–Crippen MR) is 101 cm³/mol. The van der Waals surface area contributed by atoms with Gasteiger partial charge in [0.05, 0.1) is 19.5 Å². The number of nitrogens with two attached hydrogens (primary N) is 1. The van der Waals surface area contributed by atoms with Crippen molar-refractivity contribution in [3.8, 4) is 0 Å². The Bertz CT molecular complexity index is 849. The highest BCUT2D eigenvalue weighted by atomic mass is 16.6. The highest BCUT2D eigenvalue weighted by molar-refractivity contribution is 5.96. The number of nitrogens with one attached hydrogen (secondary N) is 2. The Labute approximate surface area is 156 Å². The topological polar surface area (TPSA) is 129 Å². The number of nitrogens with zero attached hydrogens (tertiary/aromatic N) is 1. The normalized spacial score (nSPS) is 16.1. The molecule has 1 saturated heterocycles. The fraction of sp³-hybridized carbons (Fsp3) is 0.211. The van der Waals surface area contributed by atoms with Crippen molar-refractivity contribution in [2.75, 3.05) is 23.3 Å². The fourth-order valence-corrected chi connectivity index (χ4v) is 2.81. The molecule has 1 aliphatic rings. The molecule has 2 aromatic carbocycles. The van der Waals surface area contributed by atoms with Crippen LogP contribution < -0.4 is 16.0 Å². The number of hydrogen-bond donors (Lipinski definition) is 4. The van der Waals surface area contributed by atoms with E-state index < -0.39 is 12.1 Å². The largest absolute Gasteiger partial charge is 0.481 e. The van der Waals surface area contributed by atoms with Gasteiger partial charge in [-0.25, -0.2) is 4.79 Å². The molecule has 0 aliphatic carbocycles. The number of nitrogen functional groups attached to an aromatic ring is 1. The Morgan fingerprint density at radius 3 is 2.48 bits per heavy atom. The molecule has 8 nitrogen and oxygen atoms in total.